The molecule has 0 saturated heterocycles. The number of aliphatic hydroxyl groups is 1. The number of alkyl halides is 3. The van der Waals surface area contributed by atoms with Crippen LogP contribution in [0.15, 0.2) is 12.1 Å². The number of hydrogen-bond donors (Lipinski definition) is 1. The fraction of sp³-hybridized carbons (Fsp3) is 0.333. The van der Waals surface area contributed by atoms with E-state index in [9.17, 15) is 18.0 Å². The normalized spacial score (nSPS) is 10.8. The Morgan fingerprint density at radius 3 is 2.55 bits per heavy atom. The van der Waals surface area contributed by atoms with Crippen LogP contribution >= 0.6 is 0 Å². The highest BCUT2D eigenvalue weighted by atomic mass is 19.4. The van der Waals surface area contributed by atoms with Crippen molar-refractivity contribution in [2.75, 3.05) is 6.61 Å². The Bertz CT molecular complexity index is 549. The quantitative estimate of drug-likeness (QED) is 0.859. The monoisotopic (exact) mass is 289 g/mol. The average Bonchev–Trinajstić information content (AvgIpc) is 2.36. The minimum Gasteiger partial charge on any atom is -0.462 e. The Morgan fingerprint density at radius 1 is 1.45 bits per heavy atom. The van der Waals surface area contributed by atoms with E-state index in [-0.39, 0.29) is 17.7 Å². The molecule has 0 aliphatic heterocycles. The molecule has 0 saturated carbocycles. The van der Waals surface area contributed by atoms with Crippen LogP contribution in [-0.4, -0.2) is 24.0 Å². The molecule has 8 heteroatoms. The van der Waals surface area contributed by atoms with Crippen molar-refractivity contribution in [2.45, 2.75) is 19.9 Å². The van der Waals surface area contributed by atoms with Crippen molar-refractivity contribution in [3.05, 3.63) is 28.8 Å². The van der Waals surface area contributed by atoms with E-state index in [1.165, 1.54) is 13.0 Å². The maximum atomic E-state index is 12.3. The minimum atomic E-state index is -5.02. The fourth-order valence-electron chi connectivity index (χ4n) is 1.45. The molecule has 1 aromatic carbocycles. The molecule has 0 aliphatic rings. The molecule has 0 bridgehead atoms. The van der Waals surface area contributed by atoms with Gasteiger partial charge in [0.1, 0.15) is 17.4 Å². The summed E-state index contributed by atoms with van der Waals surface area (Å²) >= 11 is 0. The van der Waals surface area contributed by atoms with Crippen LogP contribution in [0.25, 0.3) is 0 Å². The first-order valence-corrected chi connectivity index (χ1v) is 5.43. The Morgan fingerprint density at radius 2 is 2.10 bits per heavy atom. The van der Waals surface area contributed by atoms with E-state index in [0.717, 1.165) is 12.1 Å². The van der Waals surface area contributed by atoms with E-state index >= 15 is 0 Å². The molecule has 0 unspecified atom stereocenters. The number of carbonyl (C=O) groups excluding carboxylic acids is 1. The van der Waals surface area contributed by atoms with Crippen molar-refractivity contribution < 1.29 is 32.5 Å². The smallest absolute Gasteiger partial charge is 0.462 e. The zero-order valence-electron chi connectivity index (χ0n) is 10.3. The van der Waals surface area contributed by atoms with Crippen LogP contribution in [0.2, 0.25) is 0 Å². The van der Waals surface area contributed by atoms with Crippen LogP contribution in [-0.2, 0) is 11.3 Å². The van der Waals surface area contributed by atoms with E-state index in [1.807, 2.05) is 0 Å². The van der Waals surface area contributed by atoms with Crippen LogP contribution in [0.5, 0.6) is 5.75 Å². The van der Waals surface area contributed by atoms with Gasteiger partial charge in [0.2, 0.25) is 0 Å². The maximum Gasteiger partial charge on any atom is 0.573 e. The van der Waals surface area contributed by atoms with Crippen LogP contribution in [0.3, 0.4) is 0 Å². The summed E-state index contributed by atoms with van der Waals surface area (Å²) in [5, 5.41) is 17.9. The Kier molecular flexibility index (Phi) is 4.94. The first kappa shape index (κ1) is 15.8. The van der Waals surface area contributed by atoms with Gasteiger partial charge < -0.3 is 14.6 Å². The lowest BCUT2D eigenvalue weighted by molar-refractivity contribution is -0.274. The summed E-state index contributed by atoms with van der Waals surface area (Å²) < 4.78 is 45.1. The highest BCUT2D eigenvalue weighted by Crippen LogP contribution is 2.30. The number of hydrogen-bond acceptors (Lipinski definition) is 5. The summed E-state index contributed by atoms with van der Waals surface area (Å²) in [4.78, 5) is 11.6. The lowest BCUT2D eigenvalue weighted by Crippen LogP contribution is -2.19. The lowest BCUT2D eigenvalue weighted by atomic mass is 10.0. The van der Waals surface area contributed by atoms with Crippen LogP contribution in [0.1, 0.15) is 28.4 Å². The maximum absolute atomic E-state index is 12.3. The van der Waals surface area contributed by atoms with Gasteiger partial charge in [-0.2, -0.15) is 5.26 Å². The number of nitrogens with zero attached hydrogens (tertiary/aromatic N) is 1. The highest BCUT2D eigenvalue weighted by Gasteiger charge is 2.33. The number of benzene rings is 1. The molecule has 0 aromatic heterocycles. The molecule has 0 heterocycles. The Balaban J connectivity index is 3.40. The van der Waals surface area contributed by atoms with Gasteiger partial charge in [-0.3, -0.25) is 0 Å². The van der Waals surface area contributed by atoms with Crippen LogP contribution < -0.4 is 4.74 Å². The second-order valence-electron chi connectivity index (χ2n) is 3.55. The van der Waals surface area contributed by atoms with Gasteiger partial charge in [-0.15, -0.1) is 13.2 Å². The summed E-state index contributed by atoms with van der Waals surface area (Å²) in [6.45, 7) is 0.877. The molecule has 0 atom stereocenters. The van der Waals surface area contributed by atoms with E-state index in [2.05, 4.69) is 9.47 Å². The molecule has 1 aromatic rings. The molecule has 0 spiro atoms. The largest absolute Gasteiger partial charge is 0.573 e. The van der Waals surface area contributed by atoms with Gasteiger partial charge in [-0.05, 0) is 24.6 Å². The number of halogens is 3. The summed E-state index contributed by atoms with van der Waals surface area (Å²) in [6.07, 6.45) is -5.02. The first-order valence-electron chi connectivity index (χ1n) is 5.43. The zero-order valence-corrected chi connectivity index (χ0v) is 10.3. The Labute approximate surface area is 112 Å². The molecular formula is C12H10F3NO4. The molecule has 1 rings (SSSR count). The standard InChI is InChI=1S/C12H10F3NO4/c1-2-19-11(18)8-3-7(6-17)4-10(9(8)5-16)20-12(13,14)15/h3-4,17H,2,6H2,1H3. The molecule has 108 valence electrons. The average molecular weight is 289 g/mol. The molecule has 0 aliphatic carbocycles. The topological polar surface area (TPSA) is 79.6 Å². The minimum absolute atomic E-state index is 0.00805. The van der Waals surface area contributed by atoms with Crippen molar-refractivity contribution in [3.8, 4) is 11.8 Å². The summed E-state index contributed by atoms with van der Waals surface area (Å²) in [5.41, 5.74) is -0.996. The van der Waals surface area contributed by atoms with Crippen molar-refractivity contribution in [1.29, 1.82) is 5.26 Å². The van der Waals surface area contributed by atoms with Crippen LogP contribution in [0.4, 0.5) is 13.2 Å². The number of carbonyl (C=O) groups is 1. The molecule has 0 fully saturated rings. The summed E-state index contributed by atoms with van der Waals surface area (Å²) in [6, 6.07) is 3.40. The van der Waals surface area contributed by atoms with Gasteiger partial charge in [0.15, 0.2) is 0 Å². The first-order chi connectivity index (χ1) is 9.32. The zero-order chi connectivity index (χ0) is 15.3. The van der Waals surface area contributed by atoms with Crippen molar-refractivity contribution in [2.24, 2.45) is 0 Å². The van der Waals surface area contributed by atoms with Crippen molar-refractivity contribution in [1.82, 2.24) is 0 Å². The molecule has 0 amide bonds. The highest BCUT2D eigenvalue weighted by molar-refractivity contribution is 5.93. The molecule has 1 N–H and O–H groups in total. The molecule has 0 radical (unpaired) electrons. The van der Waals surface area contributed by atoms with E-state index in [4.69, 9.17) is 10.4 Å². The lowest BCUT2D eigenvalue weighted by Gasteiger charge is -2.14. The molecule has 20 heavy (non-hydrogen) atoms. The number of aliphatic hydroxyl groups excluding tert-OH is 1. The van der Waals surface area contributed by atoms with Crippen molar-refractivity contribution >= 4 is 5.97 Å². The molecule has 5 nitrogen and oxygen atoms in total. The van der Waals surface area contributed by atoms with E-state index in [1.54, 1.807) is 0 Å². The van der Waals surface area contributed by atoms with E-state index in [0.29, 0.717) is 0 Å². The third-order valence-electron chi connectivity index (χ3n) is 2.18. The third-order valence-corrected chi connectivity index (χ3v) is 2.18. The number of rotatable bonds is 4. The predicted octanol–water partition coefficient (Wildman–Crippen LogP) is 2.13. The fourth-order valence-corrected chi connectivity index (χ4v) is 1.45. The Hall–Kier alpha value is -2.27. The summed E-state index contributed by atoms with van der Waals surface area (Å²) in [7, 11) is 0. The predicted molar refractivity (Wildman–Crippen MR) is 59.7 cm³/mol. The van der Waals surface area contributed by atoms with Gasteiger partial charge in [-0.1, -0.05) is 0 Å². The van der Waals surface area contributed by atoms with Crippen molar-refractivity contribution in [3.63, 3.8) is 0 Å². The SMILES string of the molecule is CCOC(=O)c1cc(CO)cc(OC(F)(F)F)c1C#N. The second kappa shape index (κ2) is 6.25. The van der Waals surface area contributed by atoms with E-state index < -0.39 is 30.3 Å². The number of esters is 1. The van der Waals surface area contributed by atoms with Gasteiger partial charge in [0, 0.05) is 0 Å². The number of ether oxygens (including phenoxy) is 2. The molecular weight excluding hydrogens is 279 g/mol. The van der Waals surface area contributed by atoms with Gasteiger partial charge in [0.25, 0.3) is 0 Å². The van der Waals surface area contributed by atoms with Gasteiger partial charge in [0.05, 0.1) is 18.8 Å². The second-order valence-corrected chi connectivity index (χ2v) is 3.55. The number of nitriles is 1. The summed E-state index contributed by atoms with van der Waals surface area (Å²) in [5.74, 6) is -1.82. The third kappa shape index (κ3) is 3.86. The van der Waals surface area contributed by atoms with Crippen LogP contribution in [0, 0.1) is 11.3 Å². The van der Waals surface area contributed by atoms with Gasteiger partial charge >= 0.3 is 12.3 Å². The van der Waals surface area contributed by atoms with Gasteiger partial charge in [-0.25, -0.2) is 4.79 Å².